The Kier molecular flexibility index (Phi) is 3.91. The summed E-state index contributed by atoms with van der Waals surface area (Å²) in [6.45, 7) is 1.75. The number of nitrogens with zero attached hydrogens (tertiary/aromatic N) is 1. The number of nitrogens with one attached hydrogen (secondary N) is 1. The maximum Gasteiger partial charge on any atom is 0.115 e. The molecule has 3 nitrogen and oxygen atoms in total. The second-order valence-electron chi connectivity index (χ2n) is 3.52. The van der Waals surface area contributed by atoms with E-state index in [1.54, 1.807) is 23.5 Å². The van der Waals surface area contributed by atoms with E-state index in [0.29, 0.717) is 5.75 Å². The number of benzene rings is 1. The number of hydrogen-bond acceptors (Lipinski definition) is 4. The van der Waals surface area contributed by atoms with E-state index >= 15 is 0 Å². The molecule has 2 N–H and O–H groups in total. The number of rotatable bonds is 5. The molecule has 0 unspecified atom stereocenters. The lowest BCUT2D eigenvalue weighted by molar-refractivity contribution is 0.475. The Morgan fingerprint density at radius 2 is 2.06 bits per heavy atom. The van der Waals surface area contributed by atoms with Gasteiger partial charge in [0.1, 0.15) is 10.8 Å². The van der Waals surface area contributed by atoms with Gasteiger partial charge in [-0.2, -0.15) is 0 Å². The maximum atomic E-state index is 9.13. The molecule has 2 rings (SSSR count). The van der Waals surface area contributed by atoms with Crippen molar-refractivity contribution in [2.75, 3.05) is 6.54 Å². The fourth-order valence-electron chi connectivity index (χ4n) is 1.43. The smallest absolute Gasteiger partial charge is 0.115 e. The molecule has 0 fully saturated rings. The molecule has 1 aromatic carbocycles. The second-order valence-corrected chi connectivity index (χ2v) is 4.50. The van der Waals surface area contributed by atoms with Crippen LogP contribution in [0.2, 0.25) is 0 Å². The van der Waals surface area contributed by atoms with E-state index in [0.717, 1.165) is 24.5 Å². The zero-order valence-corrected chi connectivity index (χ0v) is 9.70. The Labute approximate surface area is 98.8 Å². The lowest BCUT2D eigenvalue weighted by Gasteiger charge is -2.03. The second kappa shape index (κ2) is 5.63. The summed E-state index contributed by atoms with van der Waals surface area (Å²) < 4.78 is 0. The number of phenolic OH excluding ortho intramolecular Hbond substituents is 1. The normalized spacial score (nSPS) is 10.5. The van der Waals surface area contributed by atoms with Crippen molar-refractivity contribution >= 4 is 11.3 Å². The molecule has 0 radical (unpaired) electrons. The van der Waals surface area contributed by atoms with Crippen LogP contribution >= 0.6 is 11.3 Å². The van der Waals surface area contributed by atoms with Crippen LogP contribution in [0.3, 0.4) is 0 Å². The number of phenols is 1. The van der Waals surface area contributed by atoms with Gasteiger partial charge >= 0.3 is 0 Å². The zero-order chi connectivity index (χ0) is 11.2. The van der Waals surface area contributed by atoms with E-state index in [2.05, 4.69) is 10.3 Å². The molecule has 0 aliphatic carbocycles. The molecule has 0 aliphatic heterocycles. The molecule has 0 saturated carbocycles. The Balaban J connectivity index is 1.70. The van der Waals surface area contributed by atoms with E-state index in [-0.39, 0.29) is 0 Å². The van der Waals surface area contributed by atoms with E-state index in [1.165, 1.54) is 5.56 Å². The topological polar surface area (TPSA) is 45.1 Å². The van der Waals surface area contributed by atoms with Crippen molar-refractivity contribution in [1.29, 1.82) is 0 Å². The monoisotopic (exact) mass is 234 g/mol. The first-order valence-electron chi connectivity index (χ1n) is 5.21. The average molecular weight is 234 g/mol. The summed E-state index contributed by atoms with van der Waals surface area (Å²) >= 11 is 1.66. The van der Waals surface area contributed by atoms with Crippen LogP contribution < -0.4 is 5.32 Å². The third-order valence-electron chi connectivity index (χ3n) is 2.29. The molecule has 0 spiro atoms. The van der Waals surface area contributed by atoms with Gasteiger partial charge in [-0.05, 0) is 30.7 Å². The third kappa shape index (κ3) is 3.32. The summed E-state index contributed by atoms with van der Waals surface area (Å²) in [4.78, 5) is 4.20. The highest BCUT2D eigenvalue weighted by Crippen LogP contribution is 2.09. The largest absolute Gasteiger partial charge is 0.508 e. The fourth-order valence-corrected chi connectivity index (χ4v) is 2.02. The quantitative estimate of drug-likeness (QED) is 0.779. The first kappa shape index (κ1) is 11.1. The predicted molar refractivity (Wildman–Crippen MR) is 65.6 cm³/mol. The van der Waals surface area contributed by atoms with Crippen molar-refractivity contribution in [1.82, 2.24) is 10.3 Å². The number of hydrogen-bond donors (Lipinski definition) is 2. The summed E-state index contributed by atoms with van der Waals surface area (Å²) in [5.41, 5.74) is 1.23. The van der Waals surface area contributed by atoms with Crippen molar-refractivity contribution in [3.05, 3.63) is 46.4 Å². The molecular weight excluding hydrogens is 220 g/mol. The number of thiazole rings is 1. The van der Waals surface area contributed by atoms with Crippen LogP contribution in [0.4, 0.5) is 0 Å². The average Bonchev–Trinajstić information content (AvgIpc) is 2.80. The molecule has 0 atom stereocenters. The minimum Gasteiger partial charge on any atom is -0.508 e. The van der Waals surface area contributed by atoms with E-state index in [1.807, 2.05) is 23.7 Å². The Morgan fingerprint density at radius 1 is 1.25 bits per heavy atom. The molecule has 2 aromatic rings. The molecule has 0 amide bonds. The highest BCUT2D eigenvalue weighted by molar-refractivity contribution is 7.09. The van der Waals surface area contributed by atoms with Crippen molar-refractivity contribution in [3.8, 4) is 5.75 Å². The van der Waals surface area contributed by atoms with Gasteiger partial charge < -0.3 is 10.4 Å². The van der Waals surface area contributed by atoms with Gasteiger partial charge in [-0.25, -0.2) is 4.98 Å². The minimum absolute atomic E-state index is 0.319. The highest BCUT2D eigenvalue weighted by Gasteiger charge is 1.96. The number of aromatic nitrogens is 1. The summed E-state index contributed by atoms with van der Waals surface area (Å²) in [5.74, 6) is 0.319. The molecule has 16 heavy (non-hydrogen) atoms. The first-order chi connectivity index (χ1) is 7.84. The molecular formula is C12H14N2OS. The van der Waals surface area contributed by atoms with E-state index in [9.17, 15) is 0 Å². The lowest BCUT2D eigenvalue weighted by Crippen LogP contribution is -2.16. The molecule has 4 heteroatoms. The highest BCUT2D eigenvalue weighted by atomic mass is 32.1. The fraction of sp³-hybridized carbons (Fsp3) is 0.250. The van der Waals surface area contributed by atoms with Crippen molar-refractivity contribution in [3.63, 3.8) is 0 Å². The van der Waals surface area contributed by atoms with Gasteiger partial charge in [0, 0.05) is 18.1 Å². The zero-order valence-electron chi connectivity index (χ0n) is 8.89. The molecule has 0 aliphatic rings. The van der Waals surface area contributed by atoms with Crippen LogP contribution in [0.25, 0.3) is 0 Å². The van der Waals surface area contributed by atoms with Crippen molar-refractivity contribution in [2.45, 2.75) is 13.0 Å². The molecule has 84 valence electrons. The first-order valence-corrected chi connectivity index (χ1v) is 6.09. The molecule has 1 aromatic heterocycles. The van der Waals surface area contributed by atoms with Gasteiger partial charge in [0.25, 0.3) is 0 Å². The van der Waals surface area contributed by atoms with Crippen LogP contribution in [0, 0.1) is 0 Å². The van der Waals surface area contributed by atoms with Gasteiger partial charge in [-0.15, -0.1) is 11.3 Å². The van der Waals surface area contributed by atoms with Gasteiger partial charge in [0.05, 0.1) is 0 Å². The van der Waals surface area contributed by atoms with E-state index < -0.39 is 0 Å². The van der Waals surface area contributed by atoms with Gasteiger partial charge in [-0.1, -0.05) is 12.1 Å². The van der Waals surface area contributed by atoms with Crippen LogP contribution in [-0.4, -0.2) is 16.6 Å². The van der Waals surface area contributed by atoms with Gasteiger partial charge in [-0.3, -0.25) is 0 Å². The predicted octanol–water partition coefficient (Wildman–Crippen LogP) is 2.18. The van der Waals surface area contributed by atoms with Crippen molar-refractivity contribution < 1.29 is 5.11 Å². The molecule has 1 heterocycles. The maximum absolute atomic E-state index is 9.13. The van der Waals surface area contributed by atoms with Crippen LogP contribution in [0.15, 0.2) is 35.8 Å². The standard InChI is InChI=1S/C12H14N2OS/c15-11-3-1-10(2-4-11)5-6-13-9-12-14-7-8-16-12/h1-4,7-8,13,15H,5-6,9H2. The summed E-state index contributed by atoms with van der Waals surface area (Å²) in [5, 5.41) is 15.6. The lowest BCUT2D eigenvalue weighted by atomic mass is 10.1. The summed E-state index contributed by atoms with van der Waals surface area (Å²) in [7, 11) is 0. The number of aromatic hydroxyl groups is 1. The molecule has 0 bridgehead atoms. The summed E-state index contributed by atoms with van der Waals surface area (Å²) in [6, 6.07) is 7.33. The Hall–Kier alpha value is -1.39. The van der Waals surface area contributed by atoms with Crippen LogP contribution in [0.5, 0.6) is 5.75 Å². The van der Waals surface area contributed by atoms with Crippen molar-refractivity contribution in [2.24, 2.45) is 0 Å². The third-order valence-corrected chi connectivity index (χ3v) is 3.07. The SMILES string of the molecule is Oc1ccc(CCNCc2nccs2)cc1. The molecule has 0 saturated heterocycles. The Morgan fingerprint density at radius 3 is 2.75 bits per heavy atom. The van der Waals surface area contributed by atoms with Gasteiger partial charge in [0.15, 0.2) is 0 Å². The van der Waals surface area contributed by atoms with Crippen LogP contribution in [-0.2, 0) is 13.0 Å². The minimum atomic E-state index is 0.319. The van der Waals surface area contributed by atoms with E-state index in [4.69, 9.17) is 5.11 Å². The summed E-state index contributed by atoms with van der Waals surface area (Å²) in [6.07, 6.45) is 2.79. The van der Waals surface area contributed by atoms with Gasteiger partial charge in [0.2, 0.25) is 0 Å². The van der Waals surface area contributed by atoms with Crippen LogP contribution in [0.1, 0.15) is 10.6 Å². The Bertz CT molecular complexity index is 411.